The summed E-state index contributed by atoms with van der Waals surface area (Å²) in [5.41, 5.74) is 1.75. The number of rotatable bonds is 6. The third kappa shape index (κ3) is 3.86. The molecule has 9 nitrogen and oxygen atoms in total. The fourth-order valence-corrected chi connectivity index (χ4v) is 3.68. The molecule has 152 valence electrons. The molecule has 1 saturated heterocycles. The Labute approximate surface area is 168 Å². The minimum absolute atomic E-state index is 0.0437. The Balaban J connectivity index is 1.49. The summed E-state index contributed by atoms with van der Waals surface area (Å²) in [6.45, 7) is 3.29. The van der Waals surface area contributed by atoms with Crippen LogP contribution in [0, 0.1) is 0 Å². The number of hydrogen-bond donors (Lipinski definition) is 2. The van der Waals surface area contributed by atoms with Gasteiger partial charge in [-0.2, -0.15) is 10.2 Å². The van der Waals surface area contributed by atoms with Crippen molar-refractivity contribution in [1.82, 2.24) is 15.1 Å². The third-order valence-corrected chi connectivity index (χ3v) is 5.19. The first-order valence-corrected chi connectivity index (χ1v) is 9.66. The number of carbonyl (C=O) groups is 2. The smallest absolute Gasteiger partial charge is 0.328 e. The van der Waals surface area contributed by atoms with Crippen LogP contribution in [-0.2, 0) is 20.9 Å². The number of carbonyl (C=O) groups excluding carboxylic acids is 1. The lowest BCUT2D eigenvalue weighted by molar-refractivity contribution is -0.138. The van der Waals surface area contributed by atoms with E-state index in [1.807, 2.05) is 23.9 Å². The monoisotopic (exact) mass is 397 g/mol. The number of hydrogen-bond acceptors (Lipinski definition) is 6. The number of para-hydroxylation sites is 1. The fraction of sp³-hybridized carbons (Fsp3) is 0.400. The normalized spacial score (nSPS) is 23.8. The van der Waals surface area contributed by atoms with Gasteiger partial charge in [-0.25, -0.2) is 4.79 Å². The van der Waals surface area contributed by atoms with Gasteiger partial charge in [-0.1, -0.05) is 18.2 Å². The molecule has 0 radical (unpaired) electrons. The number of benzene rings is 1. The Bertz CT molecular complexity index is 926. The summed E-state index contributed by atoms with van der Waals surface area (Å²) in [7, 11) is 0. The topological polar surface area (TPSA) is 109 Å². The molecule has 0 bridgehead atoms. The summed E-state index contributed by atoms with van der Waals surface area (Å²) in [4.78, 5) is 24.5. The number of ether oxygens (including phenoxy) is 1. The molecule has 3 atom stereocenters. The Morgan fingerprint density at radius 3 is 2.79 bits per heavy atom. The van der Waals surface area contributed by atoms with Crippen LogP contribution in [0.4, 0.5) is 5.69 Å². The molecule has 2 aromatic rings. The zero-order valence-corrected chi connectivity index (χ0v) is 16.1. The molecular weight excluding hydrogens is 374 g/mol. The summed E-state index contributed by atoms with van der Waals surface area (Å²) in [5.74, 6) is -1.38. The second-order valence-corrected chi connectivity index (χ2v) is 7.07. The number of carboxylic acids is 1. The molecule has 3 heterocycles. The maximum atomic E-state index is 12.8. The van der Waals surface area contributed by atoms with Gasteiger partial charge in [0.15, 0.2) is 6.04 Å². The highest BCUT2D eigenvalue weighted by molar-refractivity contribution is 6.40. The minimum Gasteiger partial charge on any atom is -0.480 e. The molecule has 1 amide bonds. The highest BCUT2D eigenvalue weighted by Crippen LogP contribution is 2.30. The molecule has 1 aromatic heterocycles. The molecule has 0 saturated carbocycles. The number of carboxylic acid groups (broad SMARTS) is 1. The van der Waals surface area contributed by atoms with Gasteiger partial charge in [-0.3, -0.25) is 14.5 Å². The van der Waals surface area contributed by atoms with Crippen molar-refractivity contribution >= 4 is 23.3 Å². The molecule has 0 aliphatic carbocycles. The van der Waals surface area contributed by atoms with Crippen molar-refractivity contribution in [2.75, 3.05) is 11.6 Å². The highest BCUT2D eigenvalue weighted by Gasteiger charge is 2.38. The Morgan fingerprint density at radius 1 is 1.31 bits per heavy atom. The molecule has 2 aliphatic heterocycles. The molecule has 9 heteroatoms. The number of aliphatic carboxylic acids is 1. The van der Waals surface area contributed by atoms with E-state index in [2.05, 4.69) is 15.5 Å². The van der Waals surface area contributed by atoms with Crippen molar-refractivity contribution in [3.05, 3.63) is 48.3 Å². The van der Waals surface area contributed by atoms with E-state index >= 15 is 0 Å². The summed E-state index contributed by atoms with van der Waals surface area (Å²) in [5, 5.41) is 22.5. The highest BCUT2D eigenvalue weighted by atomic mass is 16.5. The van der Waals surface area contributed by atoms with Crippen LogP contribution in [0.25, 0.3) is 0 Å². The van der Waals surface area contributed by atoms with Crippen molar-refractivity contribution in [3.63, 3.8) is 0 Å². The van der Waals surface area contributed by atoms with E-state index in [-0.39, 0.29) is 30.2 Å². The standard InChI is InChI=1S/C20H23N5O4/c1-2-24-12-13(11-21-24)18-15(8-9-29-18)22-19(26)16-10-17(20(27)28)25(23-16)14-6-4-3-5-7-14/h3-7,11-12,15,17-18H,2,8-10H2,1H3,(H,22,26)(H,27,28)/t15-,17?,18+/m0/s1. The largest absolute Gasteiger partial charge is 0.480 e. The number of aryl methyl sites for hydroxylation is 1. The summed E-state index contributed by atoms with van der Waals surface area (Å²) in [6.07, 6.45) is 4.11. The van der Waals surface area contributed by atoms with Gasteiger partial charge in [-0.15, -0.1) is 0 Å². The van der Waals surface area contributed by atoms with Crippen molar-refractivity contribution in [2.24, 2.45) is 5.10 Å². The molecule has 2 N–H and O–H groups in total. The van der Waals surface area contributed by atoms with Gasteiger partial charge in [0.2, 0.25) is 0 Å². The van der Waals surface area contributed by atoms with Crippen LogP contribution in [0.15, 0.2) is 47.8 Å². The number of nitrogens with zero attached hydrogens (tertiary/aromatic N) is 4. The molecule has 0 spiro atoms. The zero-order valence-electron chi connectivity index (χ0n) is 16.1. The lowest BCUT2D eigenvalue weighted by atomic mass is 10.0. The Kier molecular flexibility index (Phi) is 5.30. The van der Waals surface area contributed by atoms with Crippen molar-refractivity contribution in [2.45, 2.75) is 44.5 Å². The first-order valence-electron chi connectivity index (χ1n) is 9.66. The van der Waals surface area contributed by atoms with Crippen LogP contribution in [0.3, 0.4) is 0 Å². The van der Waals surface area contributed by atoms with E-state index < -0.39 is 12.0 Å². The number of nitrogens with one attached hydrogen (secondary N) is 1. The molecule has 1 fully saturated rings. The molecule has 2 aliphatic rings. The maximum absolute atomic E-state index is 12.8. The SMILES string of the molecule is CCn1cc([C@H]2OCC[C@@H]2NC(=O)C2=NN(c3ccccc3)C(C(=O)O)C2)cn1. The van der Waals surface area contributed by atoms with Crippen LogP contribution in [0.2, 0.25) is 0 Å². The van der Waals surface area contributed by atoms with Crippen LogP contribution >= 0.6 is 0 Å². The van der Waals surface area contributed by atoms with Crippen molar-refractivity contribution in [3.8, 4) is 0 Å². The van der Waals surface area contributed by atoms with Crippen molar-refractivity contribution < 1.29 is 19.4 Å². The maximum Gasteiger partial charge on any atom is 0.328 e. The number of amides is 1. The molecule has 1 aromatic carbocycles. The number of anilines is 1. The summed E-state index contributed by atoms with van der Waals surface area (Å²) >= 11 is 0. The molecular formula is C20H23N5O4. The number of aromatic nitrogens is 2. The van der Waals surface area contributed by atoms with E-state index in [0.717, 1.165) is 12.1 Å². The predicted octanol–water partition coefficient (Wildman–Crippen LogP) is 1.57. The minimum atomic E-state index is -1.02. The van der Waals surface area contributed by atoms with E-state index in [0.29, 0.717) is 18.7 Å². The average Bonchev–Trinajstić information content (AvgIpc) is 3.47. The van der Waals surface area contributed by atoms with Gasteiger partial charge < -0.3 is 15.2 Å². The Morgan fingerprint density at radius 2 is 2.10 bits per heavy atom. The van der Waals surface area contributed by atoms with Gasteiger partial charge in [0, 0.05) is 31.3 Å². The second-order valence-electron chi connectivity index (χ2n) is 7.07. The number of hydrazone groups is 1. The third-order valence-electron chi connectivity index (χ3n) is 5.19. The zero-order chi connectivity index (χ0) is 20.4. The van der Waals surface area contributed by atoms with Gasteiger partial charge in [0.25, 0.3) is 5.91 Å². The van der Waals surface area contributed by atoms with E-state index in [1.165, 1.54) is 5.01 Å². The lowest BCUT2D eigenvalue weighted by Gasteiger charge is -2.19. The van der Waals surface area contributed by atoms with E-state index in [9.17, 15) is 14.7 Å². The quantitative estimate of drug-likeness (QED) is 0.766. The fourth-order valence-electron chi connectivity index (χ4n) is 3.68. The van der Waals surface area contributed by atoms with Crippen LogP contribution in [-0.4, -0.2) is 51.2 Å². The van der Waals surface area contributed by atoms with E-state index in [4.69, 9.17) is 4.74 Å². The molecule has 29 heavy (non-hydrogen) atoms. The lowest BCUT2D eigenvalue weighted by Crippen LogP contribution is -2.41. The Hall–Kier alpha value is -3.20. The van der Waals surface area contributed by atoms with Crippen LogP contribution < -0.4 is 10.3 Å². The average molecular weight is 397 g/mol. The summed E-state index contributed by atoms with van der Waals surface area (Å²) in [6, 6.07) is 7.87. The van der Waals surface area contributed by atoms with Gasteiger partial charge in [0.05, 0.1) is 17.9 Å². The predicted molar refractivity (Wildman–Crippen MR) is 106 cm³/mol. The first kappa shape index (κ1) is 19.1. The van der Waals surface area contributed by atoms with Crippen LogP contribution in [0.5, 0.6) is 0 Å². The van der Waals surface area contributed by atoms with E-state index in [1.54, 1.807) is 30.5 Å². The first-order chi connectivity index (χ1) is 14.1. The van der Waals surface area contributed by atoms with Crippen molar-refractivity contribution in [1.29, 1.82) is 0 Å². The summed E-state index contributed by atoms with van der Waals surface area (Å²) < 4.78 is 7.62. The second kappa shape index (κ2) is 8.04. The van der Waals surface area contributed by atoms with Gasteiger partial charge in [0.1, 0.15) is 11.8 Å². The van der Waals surface area contributed by atoms with Gasteiger partial charge in [-0.05, 0) is 25.5 Å². The molecule has 4 rings (SSSR count). The van der Waals surface area contributed by atoms with Gasteiger partial charge >= 0.3 is 5.97 Å². The van der Waals surface area contributed by atoms with Crippen LogP contribution in [0.1, 0.15) is 31.4 Å². The molecule has 1 unspecified atom stereocenters.